The number of hydrogen-bond acceptors (Lipinski definition) is 3. The second-order valence-corrected chi connectivity index (χ2v) is 5.45. The van der Waals surface area contributed by atoms with Crippen molar-refractivity contribution in [2.45, 2.75) is 26.3 Å². The largest absolute Gasteiger partial charge is 0.480 e. The van der Waals surface area contributed by atoms with Crippen LogP contribution in [0.3, 0.4) is 0 Å². The van der Waals surface area contributed by atoms with E-state index in [1.807, 2.05) is 6.07 Å². The number of nitrogens with zero attached hydrogens (tertiary/aromatic N) is 1. The van der Waals surface area contributed by atoms with E-state index in [0.717, 1.165) is 31.5 Å². The predicted molar refractivity (Wildman–Crippen MR) is 76.4 cm³/mol. The average molecular weight is 280 g/mol. The molecule has 1 aromatic carbocycles. The van der Waals surface area contributed by atoms with E-state index >= 15 is 0 Å². The van der Waals surface area contributed by atoms with Crippen LogP contribution in [0.15, 0.2) is 18.2 Å². The molecule has 1 aliphatic rings. The van der Waals surface area contributed by atoms with Gasteiger partial charge in [-0.05, 0) is 36.5 Å². The smallest absolute Gasteiger partial charge is 0.317 e. The molecule has 1 aliphatic heterocycles. The van der Waals surface area contributed by atoms with Gasteiger partial charge >= 0.3 is 5.97 Å². The molecule has 1 saturated heterocycles. The molecule has 2 rings (SSSR count). The number of aliphatic carboxylic acids is 1. The molecule has 0 saturated carbocycles. The number of carbonyl (C=O) groups is 1. The minimum Gasteiger partial charge on any atom is -0.480 e. The molecular weight excluding hydrogens is 259 g/mol. The zero-order valence-electron chi connectivity index (χ0n) is 11.7. The maximum Gasteiger partial charge on any atom is 0.317 e. The number of rotatable bonds is 5. The molecule has 1 fully saturated rings. The highest BCUT2D eigenvalue weighted by Gasteiger charge is 2.18. The lowest BCUT2D eigenvalue weighted by atomic mass is 9.98. The highest BCUT2D eigenvalue weighted by Crippen LogP contribution is 2.26. The second kappa shape index (κ2) is 6.70. The number of hydrogen-bond donors (Lipinski definition) is 2. The van der Waals surface area contributed by atoms with Gasteiger partial charge in [0.05, 0.1) is 12.2 Å². The van der Waals surface area contributed by atoms with Gasteiger partial charge in [-0.25, -0.2) is 4.39 Å². The third-order valence-electron chi connectivity index (χ3n) is 3.74. The first-order chi connectivity index (χ1) is 9.56. The summed E-state index contributed by atoms with van der Waals surface area (Å²) < 4.78 is 13.9. The number of nitrogens with one attached hydrogen (secondary N) is 1. The van der Waals surface area contributed by atoms with Crippen molar-refractivity contribution in [1.29, 1.82) is 0 Å². The normalized spacial score (nSPS) is 16.4. The zero-order valence-corrected chi connectivity index (χ0v) is 11.7. The third-order valence-corrected chi connectivity index (χ3v) is 3.74. The summed E-state index contributed by atoms with van der Waals surface area (Å²) in [6.45, 7) is 4.33. The Morgan fingerprint density at radius 1 is 1.45 bits per heavy atom. The van der Waals surface area contributed by atoms with Crippen molar-refractivity contribution in [2.75, 3.05) is 24.5 Å². The van der Waals surface area contributed by atoms with Crippen LogP contribution in [-0.4, -0.2) is 30.7 Å². The van der Waals surface area contributed by atoms with Crippen molar-refractivity contribution >= 4 is 11.7 Å². The van der Waals surface area contributed by atoms with E-state index in [9.17, 15) is 9.18 Å². The lowest BCUT2D eigenvalue weighted by Gasteiger charge is -2.32. The molecular formula is C15H21FN2O2. The van der Waals surface area contributed by atoms with Crippen molar-refractivity contribution in [3.8, 4) is 0 Å². The van der Waals surface area contributed by atoms with Crippen molar-refractivity contribution in [3.05, 3.63) is 29.6 Å². The van der Waals surface area contributed by atoms with E-state index in [0.29, 0.717) is 18.2 Å². The van der Waals surface area contributed by atoms with Gasteiger partial charge in [0.2, 0.25) is 0 Å². The Labute approximate surface area is 118 Å². The van der Waals surface area contributed by atoms with Crippen LogP contribution in [0.2, 0.25) is 0 Å². The summed E-state index contributed by atoms with van der Waals surface area (Å²) in [6.07, 6.45) is 2.17. The summed E-state index contributed by atoms with van der Waals surface area (Å²) in [4.78, 5) is 12.5. The minimum absolute atomic E-state index is 0.0893. The molecule has 0 aromatic heterocycles. The number of anilines is 1. The Bertz CT molecular complexity index is 471. The van der Waals surface area contributed by atoms with Crippen LogP contribution in [0.5, 0.6) is 0 Å². The van der Waals surface area contributed by atoms with Crippen LogP contribution in [0.25, 0.3) is 0 Å². The van der Waals surface area contributed by atoms with Crippen molar-refractivity contribution < 1.29 is 14.3 Å². The van der Waals surface area contributed by atoms with Crippen molar-refractivity contribution in [1.82, 2.24) is 5.32 Å². The molecule has 110 valence electrons. The summed E-state index contributed by atoms with van der Waals surface area (Å²) in [6, 6.07) is 4.98. The Morgan fingerprint density at radius 2 is 2.15 bits per heavy atom. The summed E-state index contributed by atoms with van der Waals surface area (Å²) in [5.41, 5.74) is 1.53. The molecule has 1 aromatic rings. The standard InChI is InChI=1S/C15H21FN2O2/c1-11-4-6-18(7-5-11)14-8-12(2-3-13(14)16)9-17-10-15(19)20/h2-3,8,11,17H,4-7,9-10H2,1H3,(H,19,20). The van der Waals surface area contributed by atoms with Gasteiger partial charge in [0.25, 0.3) is 0 Å². The minimum atomic E-state index is -0.891. The van der Waals surface area contributed by atoms with Gasteiger partial charge in [-0.2, -0.15) is 0 Å². The Morgan fingerprint density at radius 3 is 2.80 bits per heavy atom. The summed E-state index contributed by atoms with van der Waals surface area (Å²) in [7, 11) is 0. The maximum absolute atomic E-state index is 13.9. The van der Waals surface area contributed by atoms with Gasteiger partial charge < -0.3 is 15.3 Å². The van der Waals surface area contributed by atoms with Gasteiger partial charge in [0, 0.05) is 19.6 Å². The first-order valence-corrected chi connectivity index (χ1v) is 7.02. The second-order valence-electron chi connectivity index (χ2n) is 5.45. The molecule has 4 nitrogen and oxygen atoms in total. The fourth-order valence-corrected chi connectivity index (χ4v) is 2.47. The fraction of sp³-hybridized carbons (Fsp3) is 0.533. The van der Waals surface area contributed by atoms with E-state index in [-0.39, 0.29) is 12.4 Å². The maximum atomic E-state index is 13.9. The molecule has 0 atom stereocenters. The summed E-state index contributed by atoms with van der Waals surface area (Å²) in [5.74, 6) is -0.395. The van der Waals surface area contributed by atoms with Crippen LogP contribution >= 0.6 is 0 Å². The Balaban J connectivity index is 2.02. The van der Waals surface area contributed by atoms with Crippen LogP contribution < -0.4 is 10.2 Å². The molecule has 0 amide bonds. The molecule has 5 heteroatoms. The number of halogens is 1. The van der Waals surface area contributed by atoms with Crippen molar-refractivity contribution in [2.24, 2.45) is 5.92 Å². The monoisotopic (exact) mass is 280 g/mol. The van der Waals surface area contributed by atoms with E-state index < -0.39 is 5.97 Å². The quantitative estimate of drug-likeness (QED) is 0.868. The zero-order chi connectivity index (χ0) is 14.5. The first kappa shape index (κ1) is 14.8. The highest BCUT2D eigenvalue weighted by molar-refractivity contribution is 5.69. The molecule has 0 aliphatic carbocycles. The van der Waals surface area contributed by atoms with E-state index in [1.165, 1.54) is 6.07 Å². The molecule has 20 heavy (non-hydrogen) atoms. The first-order valence-electron chi connectivity index (χ1n) is 7.02. The van der Waals surface area contributed by atoms with Crippen LogP contribution in [0, 0.1) is 11.7 Å². The lowest BCUT2D eigenvalue weighted by Crippen LogP contribution is -2.33. The summed E-state index contributed by atoms with van der Waals surface area (Å²) >= 11 is 0. The average Bonchev–Trinajstić information content (AvgIpc) is 2.41. The molecule has 2 N–H and O–H groups in total. The van der Waals surface area contributed by atoms with E-state index in [4.69, 9.17) is 5.11 Å². The molecule has 1 heterocycles. The Hall–Kier alpha value is -1.62. The van der Waals surface area contributed by atoms with Crippen molar-refractivity contribution in [3.63, 3.8) is 0 Å². The molecule has 0 spiro atoms. The third kappa shape index (κ3) is 3.93. The van der Waals surface area contributed by atoms with Gasteiger partial charge in [0.15, 0.2) is 0 Å². The van der Waals surface area contributed by atoms with Gasteiger partial charge in [-0.3, -0.25) is 4.79 Å². The number of carboxylic acid groups (broad SMARTS) is 1. The molecule has 0 radical (unpaired) electrons. The SMILES string of the molecule is CC1CCN(c2cc(CNCC(=O)O)ccc2F)CC1. The number of carboxylic acids is 1. The predicted octanol–water partition coefficient (Wildman–Crippen LogP) is 2.24. The topological polar surface area (TPSA) is 52.6 Å². The van der Waals surface area contributed by atoms with Gasteiger partial charge in [0.1, 0.15) is 5.82 Å². The van der Waals surface area contributed by atoms with Crippen LogP contribution in [0.4, 0.5) is 10.1 Å². The molecule has 0 unspecified atom stereocenters. The van der Waals surface area contributed by atoms with E-state index in [1.54, 1.807) is 6.07 Å². The van der Waals surface area contributed by atoms with Gasteiger partial charge in [-0.15, -0.1) is 0 Å². The summed E-state index contributed by atoms with van der Waals surface area (Å²) in [5, 5.41) is 11.4. The van der Waals surface area contributed by atoms with Gasteiger partial charge in [-0.1, -0.05) is 13.0 Å². The number of benzene rings is 1. The Kier molecular flexibility index (Phi) is 4.95. The van der Waals surface area contributed by atoms with Crippen LogP contribution in [-0.2, 0) is 11.3 Å². The number of piperidine rings is 1. The molecule has 0 bridgehead atoms. The van der Waals surface area contributed by atoms with Crippen LogP contribution in [0.1, 0.15) is 25.3 Å². The highest BCUT2D eigenvalue weighted by atomic mass is 19.1. The fourth-order valence-electron chi connectivity index (χ4n) is 2.47. The van der Waals surface area contributed by atoms with E-state index in [2.05, 4.69) is 17.1 Å². The lowest BCUT2D eigenvalue weighted by molar-refractivity contribution is -0.135.